The van der Waals surface area contributed by atoms with Crippen LogP contribution in [0.15, 0.2) is 47.1 Å². The first-order valence-electron chi connectivity index (χ1n) is 4.39. The smallest absolute Gasteiger partial charge is 0.409 e. The Morgan fingerprint density at radius 3 is 2.80 bits per heavy atom. The molecule has 0 radical (unpaired) electrons. The van der Waals surface area contributed by atoms with Gasteiger partial charge in [0.2, 0.25) is 0 Å². The number of carboxylic acid groups (broad SMARTS) is 1. The summed E-state index contributed by atoms with van der Waals surface area (Å²) in [6, 6.07) is 10.6. The van der Waals surface area contributed by atoms with E-state index in [1.165, 1.54) is 0 Å². The molecule has 76 valence electrons. The lowest BCUT2D eigenvalue weighted by molar-refractivity contribution is 0.210. The van der Waals surface area contributed by atoms with Gasteiger partial charge in [0.05, 0.1) is 6.26 Å². The van der Waals surface area contributed by atoms with E-state index in [1.807, 2.05) is 12.1 Å². The Kier molecular flexibility index (Phi) is 2.41. The number of rotatable bonds is 2. The van der Waals surface area contributed by atoms with Gasteiger partial charge in [-0.25, -0.2) is 4.79 Å². The fourth-order valence-corrected chi connectivity index (χ4v) is 1.32. The minimum Gasteiger partial charge on any atom is -0.465 e. The average Bonchev–Trinajstić information content (AvgIpc) is 2.69. The van der Waals surface area contributed by atoms with Crippen LogP contribution in [0.25, 0.3) is 11.3 Å². The Morgan fingerprint density at radius 1 is 1.27 bits per heavy atom. The number of furan rings is 1. The second kappa shape index (κ2) is 3.88. The van der Waals surface area contributed by atoms with Gasteiger partial charge >= 0.3 is 6.09 Å². The van der Waals surface area contributed by atoms with Gasteiger partial charge in [0.1, 0.15) is 5.76 Å². The SMILES string of the molecule is O=C(O)Nc1cccc(-c2ccco2)c1. The highest BCUT2D eigenvalue weighted by Gasteiger charge is 2.02. The molecule has 2 N–H and O–H groups in total. The fourth-order valence-electron chi connectivity index (χ4n) is 1.32. The summed E-state index contributed by atoms with van der Waals surface area (Å²) >= 11 is 0. The molecule has 0 spiro atoms. The van der Waals surface area contributed by atoms with Crippen LogP contribution in [0.3, 0.4) is 0 Å². The normalized spacial score (nSPS) is 9.87. The Morgan fingerprint density at radius 2 is 2.13 bits per heavy atom. The van der Waals surface area contributed by atoms with Gasteiger partial charge in [-0.15, -0.1) is 0 Å². The van der Waals surface area contributed by atoms with Gasteiger partial charge in [-0.05, 0) is 24.3 Å². The molecule has 0 aliphatic carbocycles. The maximum Gasteiger partial charge on any atom is 0.409 e. The highest BCUT2D eigenvalue weighted by Crippen LogP contribution is 2.22. The fraction of sp³-hybridized carbons (Fsp3) is 0. The summed E-state index contributed by atoms with van der Waals surface area (Å²) in [4.78, 5) is 10.4. The molecular weight excluding hydrogens is 194 g/mol. The molecular formula is C11H9NO3. The van der Waals surface area contributed by atoms with Gasteiger partial charge in [-0.3, -0.25) is 5.32 Å². The van der Waals surface area contributed by atoms with Crippen molar-refractivity contribution in [2.24, 2.45) is 0 Å². The lowest BCUT2D eigenvalue weighted by Gasteiger charge is -2.02. The van der Waals surface area contributed by atoms with Crippen LogP contribution < -0.4 is 5.32 Å². The second-order valence-electron chi connectivity index (χ2n) is 2.99. The number of hydrogen-bond donors (Lipinski definition) is 2. The predicted molar refractivity (Wildman–Crippen MR) is 55.8 cm³/mol. The molecule has 0 aliphatic rings. The van der Waals surface area contributed by atoms with Crippen molar-refractivity contribution < 1.29 is 14.3 Å². The van der Waals surface area contributed by atoms with E-state index >= 15 is 0 Å². The molecule has 0 fully saturated rings. The third kappa shape index (κ3) is 2.17. The van der Waals surface area contributed by atoms with Crippen LogP contribution in [0.5, 0.6) is 0 Å². The molecule has 1 aromatic heterocycles. The Hall–Kier alpha value is -2.23. The van der Waals surface area contributed by atoms with E-state index < -0.39 is 6.09 Å². The van der Waals surface area contributed by atoms with E-state index in [9.17, 15) is 4.79 Å². The van der Waals surface area contributed by atoms with E-state index in [0.717, 1.165) is 5.56 Å². The van der Waals surface area contributed by atoms with E-state index in [-0.39, 0.29) is 0 Å². The first-order valence-corrected chi connectivity index (χ1v) is 4.39. The molecule has 1 heterocycles. The van der Waals surface area contributed by atoms with Crippen molar-refractivity contribution in [2.75, 3.05) is 5.32 Å². The third-order valence-corrected chi connectivity index (χ3v) is 1.92. The zero-order chi connectivity index (χ0) is 10.7. The molecule has 0 bridgehead atoms. The van der Waals surface area contributed by atoms with E-state index in [1.54, 1.807) is 30.5 Å². The molecule has 0 saturated heterocycles. The molecule has 0 aliphatic heterocycles. The quantitative estimate of drug-likeness (QED) is 0.788. The van der Waals surface area contributed by atoms with Crippen molar-refractivity contribution in [3.63, 3.8) is 0 Å². The van der Waals surface area contributed by atoms with Gasteiger partial charge in [0.25, 0.3) is 0 Å². The molecule has 2 aromatic rings. The van der Waals surface area contributed by atoms with Gasteiger partial charge in [-0.1, -0.05) is 12.1 Å². The molecule has 4 nitrogen and oxygen atoms in total. The van der Waals surface area contributed by atoms with E-state index in [4.69, 9.17) is 9.52 Å². The summed E-state index contributed by atoms with van der Waals surface area (Å²) in [6.45, 7) is 0. The van der Waals surface area contributed by atoms with Crippen LogP contribution >= 0.6 is 0 Å². The number of benzene rings is 1. The largest absolute Gasteiger partial charge is 0.465 e. The first-order chi connectivity index (χ1) is 7.25. The average molecular weight is 203 g/mol. The standard InChI is InChI=1S/C11H9NO3/c13-11(14)12-9-4-1-3-8(7-9)10-5-2-6-15-10/h1-7,12H,(H,13,14). The van der Waals surface area contributed by atoms with Crippen LogP contribution in [0.4, 0.5) is 10.5 Å². The van der Waals surface area contributed by atoms with Gasteiger partial charge in [-0.2, -0.15) is 0 Å². The minimum absolute atomic E-state index is 0.524. The van der Waals surface area contributed by atoms with Gasteiger partial charge in [0.15, 0.2) is 0 Å². The van der Waals surface area contributed by atoms with Crippen molar-refractivity contribution in [3.8, 4) is 11.3 Å². The van der Waals surface area contributed by atoms with E-state index in [2.05, 4.69) is 5.32 Å². The lowest BCUT2D eigenvalue weighted by atomic mass is 10.1. The molecule has 0 saturated carbocycles. The van der Waals surface area contributed by atoms with Crippen molar-refractivity contribution in [3.05, 3.63) is 42.7 Å². The maximum absolute atomic E-state index is 10.4. The Labute approximate surface area is 86.2 Å². The van der Waals surface area contributed by atoms with Gasteiger partial charge in [0, 0.05) is 11.3 Å². The van der Waals surface area contributed by atoms with Crippen LogP contribution in [0, 0.1) is 0 Å². The van der Waals surface area contributed by atoms with Crippen molar-refractivity contribution >= 4 is 11.8 Å². The molecule has 4 heteroatoms. The minimum atomic E-state index is -1.08. The van der Waals surface area contributed by atoms with Crippen molar-refractivity contribution in [1.82, 2.24) is 0 Å². The van der Waals surface area contributed by atoms with Crippen molar-refractivity contribution in [1.29, 1.82) is 0 Å². The topological polar surface area (TPSA) is 62.5 Å². The Balaban J connectivity index is 2.31. The number of amides is 1. The first kappa shape index (κ1) is 9.33. The molecule has 1 amide bonds. The van der Waals surface area contributed by atoms with Gasteiger partial charge < -0.3 is 9.52 Å². The summed E-state index contributed by atoms with van der Waals surface area (Å²) in [5.41, 5.74) is 1.36. The summed E-state index contributed by atoms with van der Waals surface area (Å²) < 4.78 is 5.20. The Bertz CT molecular complexity index is 462. The highest BCUT2D eigenvalue weighted by atomic mass is 16.4. The van der Waals surface area contributed by atoms with Crippen LogP contribution in [0.2, 0.25) is 0 Å². The third-order valence-electron chi connectivity index (χ3n) is 1.92. The molecule has 1 aromatic carbocycles. The lowest BCUT2D eigenvalue weighted by Crippen LogP contribution is -2.06. The summed E-state index contributed by atoms with van der Waals surface area (Å²) in [5.74, 6) is 0.712. The van der Waals surface area contributed by atoms with Crippen LogP contribution in [-0.2, 0) is 0 Å². The number of nitrogens with one attached hydrogen (secondary N) is 1. The van der Waals surface area contributed by atoms with Crippen molar-refractivity contribution in [2.45, 2.75) is 0 Å². The molecule has 0 unspecified atom stereocenters. The number of anilines is 1. The number of hydrogen-bond acceptors (Lipinski definition) is 2. The monoisotopic (exact) mass is 203 g/mol. The summed E-state index contributed by atoms with van der Waals surface area (Å²) in [6.07, 6.45) is 0.499. The maximum atomic E-state index is 10.4. The van der Waals surface area contributed by atoms with Crippen LogP contribution in [0.1, 0.15) is 0 Å². The molecule has 15 heavy (non-hydrogen) atoms. The van der Waals surface area contributed by atoms with Crippen LogP contribution in [-0.4, -0.2) is 11.2 Å². The molecule has 2 rings (SSSR count). The molecule has 0 atom stereocenters. The highest BCUT2D eigenvalue weighted by molar-refractivity contribution is 5.84. The van der Waals surface area contributed by atoms with E-state index in [0.29, 0.717) is 11.4 Å². The zero-order valence-electron chi connectivity index (χ0n) is 7.81. The second-order valence-corrected chi connectivity index (χ2v) is 2.99. The zero-order valence-corrected chi connectivity index (χ0v) is 7.81. The number of carbonyl (C=O) groups is 1. The summed E-state index contributed by atoms with van der Waals surface area (Å²) in [7, 11) is 0. The predicted octanol–water partition coefficient (Wildman–Crippen LogP) is 3.04. The summed E-state index contributed by atoms with van der Waals surface area (Å²) in [5, 5.41) is 10.8.